The number of aryl methyl sites for hydroxylation is 1. The van der Waals surface area contributed by atoms with E-state index in [1.807, 2.05) is 39.0 Å². The van der Waals surface area contributed by atoms with Gasteiger partial charge in [-0.25, -0.2) is 4.39 Å². The van der Waals surface area contributed by atoms with Crippen LogP contribution in [0, 0.1) is 12.7 Å². The van der Waals surface area contributed by atoms with Crippen LogP contribution in [-0.2, 0) is 4.84 Å². The fourth-order valence-electron chi connectivity index (χ4n) is 3.06. The average Bonchev–Trinajstić information content (AvgIpc) is 2.98. The molecule has 1 aliphatic rings. The lowest BCUT2D eigenvalue weighted by molar-refractivity contribution is -0.0218. The maximum atomic E-state index is 13.3. The summed E-state index contributed by atoms with van der Waals surface area (Å²) in [4.78, 5) is 29.8. The van der Waals surface area contributed by atoms with E-state index >= 15 is 0 Å². The van der Waals surface area contributed by atoms with E-state index in [-0.39, 0.29) is 11.6 Å². The number of hydroxylamine groups is 1. The van der Waals surface area contributed by atoms with Crippen molar-refractivity contribution in [2.75, 3.05) is 0 Å². The minimum Gasteiger partial charge on any atom is -0.290 e. The lowest BCUT2D eigenvalue weighted by Crippen LogP contribution is -2.20. The summed E-state index contributed by atoms with van der Waals surface area (Å²) in [7, 11) is 0. The van der Waals surface area contributed by atoms with Gasteiger partial charge in [-0.3, -0.25) is 24.6 Å². The molecule has 0 aliphatic carbocycles. The number of aliphatic imine (C=N–C) groups is 2. The monoisotopic (exact) mass is 406 g/mol. The number of carbonyl (C=O) groups is 1. The Morgan fingerprint density at radius 2 is 2.10 bits per heavy atom. The molecule has 2 aromatic rings. The Balaban J connectivity index is 1.93. The summed E-state index contributed by atoms with van der Waals surface area (Å²) >= 11 is 0. The summed E-state index contributed by atoms with van der Waals surface area (Å²) in [5, 5.41) is 0. The highest BCUT2D eigenvalue weighted by Crippen LogP contribution is 2.38. The molecule has 30 heavy (non-hydrogen) atoms. The van der Waals surface area contributed by atoms with Gasteiger partial charge in [0, 0.05) is 17.3 Å². The molecule has 0 bridgehead atoms. The van der Waals surface area contributed by atoms with Gasteiger partial charge in [0.05, 0.1) is 30.4 Å². The molecule has 0 spiro atoms. The molecule has 1 unspecified atom stereocenters. The largest absolute Gasteiger partial charge is 0.290 e. The van der Waals surface area contributed by atoms with E-state index in [2.05, 4.69) is 33.7 Å². The first kappa shape index (κ1) is 21.4. The van der Waals surface area contributed by atoms with Gasteiger partial charge in [0.1, 0.15) is 11.4 Å². The fourth-order valence-corrected chi connectivity index (χ4v) is 3.06. The van der Waals surface area contributed by atoms with Gasteiger partial charge >= 0.3 is 0 Å². The highest BCUT2D eigenvalue weighted by atomic mass is 19.1. The van der Waals surface area contributed by atoms with E-state index in [4.69, 9.17) is 4.84 Å². The molecule has 1 atom stereocenters. The minimum atomic E-state index is -0.587. The number of halogens is 1. The Bertz CT molecular complexity index is 1070. The van der Waals surface area contributed by atoms with Gasteiger partial charge in [0.15, 0.2) is 0 Å². The quantitative estimate of drug-likeness (QED) is 0.438. The molecule has 1 aromatic heterocycles. The van der Waals surface area contributed by atoms with Crippen LogP contribution in [0.15, 0.2) is 65.0 Å². The number of Topliss-reactive ketones (excluding diaryl/α,β-unsaturated/α-hetero) is 1. The Labute approximate surface area is 174 Å². The summed E-state index contributed by atoms with van der Waals surface area (Å²) in [5.41, 5.74) is 6.66. The predicted octanol–water partition coefficient (Wildman–Crippen LogP) is 4.39. The van der Waals surface area contributed by atoms with Gasteiger partial charge in [-0.2, -0.15) is 5.48 Å². The Morgan fingerprint density at radius 3 is 2.73 bits per heavy atom. The summed E-state index contributed by atoms with van der Waals surface area (Å²) in [6, 6.07) is 6.82. The van der Waals surface area contributed by atoms with Crippen molar-refractivity contribution in [3.8, 4) is 0 Å². The number of carbonyl (C=O) groups excluding carboxylic acids is 1. The van der Waals surface area contributed by atoms with Crippen LogP contribution in [0.5, 0.6) is 0 Å². The molecule has 2 heterocycles. The van der Waals surface area contributed by atoms with Crippen LogP contribution in [0.4, 0.5) is 4.39 Å². The molecule has 6 nitrogen and oxygen atoms in total. The highest BCUT2D eigenvalue weighted by Gasteiger charge is 2.37. The molecule has 0 saturated carbocycles. The second-order valence-electron chi connectivity index (χ2n) is 7.47. The topological polar surface area (TPSA) is 75.9 Å². The van der Waals surface area contributed by atoms with E-state index in [1.165, 1.54) is 12.4 Å². The second-order valence-corrected chi connectivity index (χ2v) is 7.47. The predicted molar refractivity (Wildman–Crippen MR) is 116 cm³/mol. The van der Waals surface area contributed by atoms with Gasteiger partial charge in [0.25, 0.3) is 0 Å². The number of rotatable bonds is 6. The zero-order chi connectivity index (χ0) is 21.9. The van der Waals surface area contributed by atoms with Crippen molar-refractivity contribution in [3.05, 3.63) is 83.1 Å². The van der Waals surface area contributed by atoms with Crippen LogP contribution in [0.1, 0.15) is 46.9 Å². The fraction of sp³-hybridized carbons (Fsp3) is 0.217. The maximum absolute atomic E-state index is 13.3. The van der Waals surface area contributed by atoms with Crippen molar-refractivity contribution >= 4 is 24.4 Å². The second kappa shape index (κ2) is 8.61. The molecule has 1 fully saturated rings. The van der Waals surface area contributed by atoms with Crippen molar-refractivity contribution in [1.82, 2.24) is 10.5 Å². The van der Waals surface area contributed by atoms with Gasteiger partial charge < -0.3 is 0 Å². The van der Waals surface area contributed by atoms with Crippen LogP contribution in [0.2, 0.25) is 0 Å². The minimum absolute atomic E-state index is 0.112. The highest BCUT2D eigenvalue weighted by molar-refractivity contribution is 6.35. The number of pyridine rings is 1. The third-order valence-corrected chi connectivity index (χ3v) is 4.95. The van der Waals surface area contributed by atoms with E-state index in [0.717, 1.165) is 40.7 Å². The number of benzene rings is 1. The molecule has 1 aromatic carbocycles. The molecule has 7 heteroatoms. The number of nitrogens with zero attached hydrogens (tertiary/aromatic N) is 3. The molecule has 1 aliphatic heterocycles. The molecule has 1 saturated heterocycles. The summed E-state index contributed by atoms with van der Waals surface area (Å²) in [5.74, 6) is -1.05. The number of aromatic nitrogens is 1. The number of hydrogen-bond donors (Lipinski definition) is 1. The van der Waals surface area contributed by atoms with Gasteiger partial charge in [-0.15, -0.1) is 0 Å². The van der Waals surface area contributed by atoms with Crippen molar-refractivity contribution in [2.45, 2.75) is 32.4 Å². The normalized spacial score (nSPS) is 18.7. The third-order valence-electron chi connectivity index (χ3n) is 4.95. The zero-order valence-corrected chi connectivity index (χ0v) is 17.1. The Hall–Kier alpha value is -3.29. The first-order valence-electron chi connectivity index (χ1n) is 9.31. The van der Waals surface area contributed by atoms with Crippen molar-refractivity contribution in [3.63, 3.8) is 0 Å². The molecule has 154 valence electrons. The first-order valence-corrected chi connectivity index (χ1v) is 9.31. The standard InChI is InChI=1S/C23H23FN4O2/c1-14-6-7-16(22-15(2)23(3,4)30-28-22)9-19(14)20(12-25-5)27-13-21(29)17-8-18(24)11-26-10-17/h6-13,22,28H,2,5H2,1,3-4H3/b20-12-,27-13?. The van der Waals surface area contributed by atoms with E-state index < -0.39 is 17.2 Å². The molecule has 1 N–H and O–H groups in total. The Kier molecular flexibility index (Phi) is 6.14. The van der Waals surface area contributed by atoms with Crippen LogP contribution >= 0.6 is 0 Å². The summed E-state index contributed by atoms with van der Waals surface area (Å²) in [6.45, 7) is 13.5. The summed E-state index contributed by atoms with van der Waals surface area (Å²) < 4.78 is 13.3. The van der Waals surface area contributed by atoms with Crippen LogP contribution < -0.4 is 5.48 Å². The number of nitrogens with one attached hydrogen (secondary N) is 1. The maximum Gasteiger partial charge on any atom is 0.205 e. The number of ketones is 1. The van der Waals surface area contributed by atoms with Crippen LogP contribution in [-0.4, -0.2) is 29.3 Å². The van der Waals surface area contributed by atoms with Crippen LogP contribution in [0.3, 0.4) is 0 Å². The Morgan fingerprint density at radius 1 is 1.33 bits per heavy atom. The van der Waals surface area contributed by atoms with Crippen LogP contribution in [0.25, 0.3) is 5.70 Å². The van der Waals surface area contributed by atoms with Gasteiger partial charge in [-0.1, -0.05) is 18.7 Å². The van der Waals surface area contributed by atoms with Gasteiger partial charge in [0.2, 0.25) is 5.78 Å². The van der Waals surface area contributed by atoms with Crippen molar-refractivity contribution in [1.29, 1.82) is 0 Å². The molecule has 0 amide bonds. The van der Waals surface area contributed by atoms with E-state index in [1.54, 1.807) is 0 Å². The van der Waals surface area contributed by atoms with E-state index in [0.29, 0.717) is 5.70 Å². The number of hydrogen-bond acceptors (Lipinski definition) is 6. The third kappa shape index (κ3) is 4.48. The average molecular weight is 406 g/mol. The lowest BCUT2D eigenvalue weighted by atomic mass is 9.89. The molecular weight excluding hydrogens is 383 g/mol. The van der Waals surface area contributed by atoms with E-state index in [9.17, 15) is 9.18 Å². The first-order chi connectivity index (χ1) is 14.2. The lowest BCUT2D eigenvalue weighted by Gasteiger charge is -2.18. The molecule has 0 radical (unpaired) electrons. The van der Waals surface area contributed by atoms with Crippen molar-refractivity contribution in [2.24, 2.45) is 9.98 Å². The van der Waals surface area contributed by atoms with Crippen molar-refractivity contribution < 1.29 is 14.0 Å². The smallest absolute Gasteiger partial charge is 0.205 e. The molecular formula is C23H23FN4O2. The van der Waals surface area contributed by atoms with Gasteiger partial charge in [-0.05, 0) is 56.3 Å². The zero-order valence-electron chi connectivity index (χ0n) is 17.1. The SMILES string of the molecule is C=N/C=C(\N=CC(=O)c1cncc(F)c1)c1cc(C2NOC(C)(C)C2=C)ccc1C. The summed E-state index contributed by atoms with van der Waals surface area (Å²) in [6.07, 6.45) is 4.92. The molecule has 3 rings (SSSR count).